The number of aromatic amines is 1. The Hall–Kier alpha value is -1.44. The highest BCUT2D eigenvalue weighted by atomic mass is 16.2. The van der Waals surface area contributed by atoms with Crippen molar-refractivity contribution in [1.82, 2.24) is 30.2 Å². The van der Waals surface area contributed by atoms with E-state index in [9.17, 15) is 4.79 Å². The van der Waals surface area contributed by atoms with E-state index in [-0.39, 0.29) is 5.54 Å². The fourth-order valence-electron chi connectivity index (χ4n) is 4.48. The molecule has 0 radical (unpaired) electrons. The predicted molar refractivity (Wildman–Crippen MR) is 98.2 cm³/mol. The van der Waals surface area contributed by atoms with Crippen LogP contribution in [0.1, 0.15) is 42.9 Å². The van der Waals surface area contributed by atoms with Crippen LogP contribution in [0.15, 0.2) is 6.20 Å². The first-order chi connectivity index (χ1) is 12.0. The molecule has 1 aromatic heterocycles. The fourth-order valence-corrected chi connectivity index (χ4v) is 4.48. The molecule has 0 bridgehead atoms. The second-order valence-electron chi connectivity index (χ2n) is 7.79. The third-order valence-corrected chi connectivity index (χ3v) is 6.04. The van der Waals surface area contributed by atoms with E-state index in [2.05, 4.69) is 39.4 Å². The molecule has 1 saturated carbocycles. The van der Waals surface area contributed by atoms with E-state index in [1.54, 1.807) is 0 Å². The minimum absolute atomic E-state index is 0.273. The topological polar surface area (TPSA) is 67.5 Å². The fraction of sp³-hybridized carbons (Fsp3) is 0.778. The molecule has 0 aromatic carbocycles. The van der Waals surface area contributed by atoms with Gasteiger partial charge in [0.15, 0.2) is 0 Å². The Morgan fingerprint density at radius 2 is 2.12 bits per heavy atom. The number of nitrogens with zero attached hydrogens (tertiary/aromatic N) is 4. The number of amides is 1. The summed E-state index contributed by atoms with van der Waals surface area (Å²) in [5.74, 6) is 0.749. The molecule has 2 N–H and O–H groups in total. The molecule has 1 saturated heterocycles. The first-order valence-corrected chi connectivity index (χ1v) is 9.30. The second-order valence-corrected chi connectivity index (χ2v) is 7.79. The summed E-state index contributed by atoms with van der Waals surface area (Å²) in [6.45, 7) is 3.66. The van der Waals surface area contributed by atoms with E-state index in [4.69, 9.17) is 0 Å². The molecule has 1 aromatic rings. The zero-order valence-electron chi connectivity index (χ0n) is 16.0. The van der Waals surface area contributed by atoms with E-state index in [0.29, 0.717) is 11.8 Å². The molecule has 0 unspecified atom stereocenters. The summed E-state index contributed by atoms with van der Waals surface area (Å²) in [6.07, 6.45) is 5.96. The highest BCUT2D eigenvalue weighted by Crippen LogP contribution is 2.43. The van der Waals surface area contributed by atoms with Crippen LogP contribution < -0.4 is 5.32 Å². The highest BCUT2D eigenvalue weighted by molar-refractivity contribution is 5.88. The van der Waals surface area contributed by atoms with E-state index < -0.39 is 0 Å². The minimum atomic E-state index is -0.273. The summed E-state index contributed by atoms with van der Waals surface area (Å²) in [4.78, 5) is 19.1. The van der Waals surface area contributed by atoms with Crippen LogP contribution in [0.2, 0.25) is 0 Å². The van der Waals surface area contributed by atoms with Gasteiger partial charge in [0.05, 0.1) is 12.4 Å². The van der Waals surface area contributed by atoms with Gasteiger partial charge in [-0.05, 0) is 46.8 Å². The molecule has 0 atom stereocenters. The summed E-state index contributed by atoms with van der Waals surface area (Å²) in [6, 6.07) is 0. The summed E-state index contributed by atoms with van der Waals surface area (Å²) in [5, 5.41) is 10.8. The van der Waals surface area contributed by atoms with Crippen LogP contribution in [0.3, 0.4) is 0 Å². The van der Waals surface area contributed by atoms with Crippen LogP contribution >= 0.6 is 0 Å². The van der Waals surface area contributed by atoms with E-state index in [1.165, 1.54) is 11.3 Å². The largest absolute Gasteiger partial charge is 0.331 e. The monoisotopic (exact) mass is 348 g/mol. The normalized spacial score (nSPS) is 27.8. The Bertz CT molecular complexity index is 592. The van der Waals surface area contributed by atoms with Gasteiger partial charge in [-0.25, -0.2) is 0 Å². The molecule has 7 nitrogen and oxygen atoms in total. The Morgan fingerprint density at radius 1 is 1.40 bits per heavy atom. The lowest BCUT2D eigenvalue weighted by molar-refractivity contribution is -0.134. The molecule has 1 aliphatic heterocycles. The van der Waals surface area contributed by atoms with Crippen LogP contribution in [0, 0.1) is 0 Å². The molecule has 2 aliphatic rings. The van der Waals surface area contributed by atoms with Crippen LogP contribution in [0.4, 0.5) is 0 Å². The minimum Gasteiger partial charge on any atom is -0.331 e. The molecule has 3 rings (SSSR count). The number of likely N-dealkylation sites (N-methyl/N-ethyl adjacent to an activating group) is 4. The van der Waals surface area contributed by atoms with Crippen molar-refractivity contribution in [2.24, 2.45) is 0 Å². The van der Waals surface area contributed by atoms with Gasteiger partial charge in [0.25, 0.3) is 0 Å². The summed E-state index contributed by atoms with van der Waals surface area (Å²) < 4.78 is 0. The van der Waals surface area contributed by atoms with Gasteiger partial charge < -0.3 is 15.1 Å². The quantitative estimate of drug-likeness (QED) is 0.797. The number of aromatic nitrogens is 2. The Labute approximate surface area is 150 Å². The van der Waals surface area contributed by atoms with Gasteiger partial charge >= 0.3 is 0 Å². The first kappa shape index (κ1) is 18.4. The lowest BCUT2D eigenvalue weighted by Gasteiger charge is -2.39. The van der Waals surface area contributed by atoms with Crippen molar-refractivity contribution in [3.63, 3.8) is 0 Å². The number of carbonyl (C=O) groups excluding carboxylic acids is 1. The maximum atomic E-state index is 12.6. The third-order valence-electron chi connectivity index (χ3n) is 6.04. The van der Waals surface area contributed by atoms with Crippen molar-refractivity contribution in [2.45, 2.75) is 43.7 Å². The predicted octanol–water partition coefficient (Wildman–Crippen LogP) is 0.819. The molecular weight excluding hydrogens is 316 g/mol. The first-order valence-electron chi connectivity index (χ1n) is 9.30. The number of rotatable bonds is 6. The zero-order chi connectivity index (χ0) is 18.0. The Morgan fingerprint density at radius 3 is 2.72 bits per heavy atom. The molecule has 2 fully saturated rings. The van der Waals surface area contributed by atoms with Crippen molar-refractivity contribution < 1.29 is 4.79 Å². The summed E-state index contributed by atoms with van der Waals surface area (Å²) >= 11 is 0. The van der Waals surface area contributed by atoms with E-state index in [1.807, 2.05) is 25.2 Å². The maximum absolute atomic E-state index is 12.6. The van der Waals surface area contributed by atoms with Crippen LogP contribution in [0.5, 0.6) is 0 Å². The van der Waals surface area contributed by atoms with Crippen molar-refractivity contribution in [1.29, 1.82) is 0 Å². The molecule has 1 aliphatic carbocycles. The van der Waals surface area contributed by atoms with Crippen LogP contribution in [-0.2, 0) is 11.3 Å². The maximum Gasteiger partial charge on any atom is 0.243 e. The lowest BCUT2D eigenvalue weighted by Crippen LogP contribution is -2.49. The van der Waals surface area contributed by atoms with Crippen molar-refractivity contribution in [2.75, 3.05) is 47.9 Å². The second kappa shape index (κ2) is 7.43. The zero-order valence-corrected chi connectivity index (χ0v) is 16.0. The van der Waals surface area contributed by atoms with Gasteiger partial charge in [0, 0.05) is 44.4 Å². The van der Waals surface area contributed by atoms with E-state index in [0.717, 1.165) is 52.0 Å². The Balaban J connectivity index is 1.64. The standard InChI is InChI=1S/C18H32N6O/c1-19-9-10-22(2)12-15-11-20-21-16(15)14-5-7-18(8-6-14)17(25)23(3)13-24(18)4/h11,14,19H,5-10,12-13H2,1-4H3,(H,20,21). The number of hydrogen-bond donors (Lipinski definition) is 2. The number of hydrogen-bond acceptors (Lipinski definition) is 5. The Kier molecular flexibility index (Phi) is 5.46. The van der Waals surface area contributed by atoms with Crippen molar-refractivity contribution in [3.8, 4) is 0 Å². The summed E-state index contributed by atoms with van der Waals surface area (Å²) in [5.41, 5.74) is 2.22. The van der Waals surface area contributed by atoms with Gasteiger partial charge in [-0.2, -0.15) is 5.10 Å². The van der Waals surface area contributed by atoms with Crippen LogP contribution in [0.25, 0.3) is 0 Å². The number of nitrogens with one attached hydrogen (secondary N) is 2. The van der Waals surface area contributed by atoms with Gasteiger partial charge in [-0.3, -0.25) is 14.8 Å². The molecule has 7 heteroatoms. The highest BCUT2D eigenvalue weighted by Gasteiger charge is 2.51. The smallest absolute Gasteiger partial charge is 0.243 e. The van der Waals surface area contributed by atoms with E-state index >= 15 is 0 Å². The molecule has 2 heterocycles. The van der Waals surface area contributed by atoms with Crippen molar-refractivity contribution in [3.05, 3.63) is 17.5 Å². The number of H-pyrrole nitrogens is 1. The number of carbonyl (C=O) groups is 1. The third kappa shape index (κ3) is 3.45. The molecule has 25 heavy (non-hydrogen) atoms. The van der Waals surface area contributed by atoms with Gasteiger partial charge in [-0.15, -0.1) is 0 Å². The lowest BCUT2D eigenvalue weighted by atomic mass is 9.74. The summed E-state index contributed by atoms with van der Waals surface area (Å²) in [7, 11) is 8.12. The van der Waals surface area contributed by atoms with Gasteiger partial charge in [0.1, 0.15) is 5.54 Å². The van der Waals surface area contributed by atoms with Crippen molar-refractivity contribution >= 4 is 5.91 Å². The SMILES string of the molecule is CNCCN(C)Cc1c[nH]nc1C1CCC2(CC1)C(=O)N(C)CN2C. The van der Waals surface area contributed by atoms with Crippen LogP contribution in [-0.4, -0.2) is 84.3 Å². The average Bonchev–Trinajstić information content (AvgIpc) is 3.13. The van der Waals surface area contributed by atoms with Gasteiger partial charge in [-0.1, -0.05) is 0 Å². The molecule has 1 spiro atoms. The molecule has 140 valence electrons. The average molecular weight is 348 g/mol. The molecular formula is C18H32N6O. The molecule has 1 amide bonds. The van der Waals surface area contributed by atoms with Gasteiger partial charge in [0.2, 0.25) is 5.91 Å².